The Morgan fingerprint density at radius 3 is 2.76 bits per heavy atom. The second kappa shape index (κ2) is 6.58. The fourth-order valence-electron chi connectivity index (χ4n) is 1.78. The summed E-state index contributed by atoms with van der Waals surface area (Å²) >= 11 is 3.14. The van der Waals surface area contributed by atoms with E-state index in [2.05, 4.69) is 21.2 Å². The van der Waals surface area contributed by atoms with Crippen LogP contribution in [0.5, 0.6) is 11.5 Å². The molecule has 2 aromatic carbocycles. The van der Waals surface area contributed by atoms with E-state index in [1.165, 1.54) is 25.3 Å². The van der Waals surface area contributed by atoms with Gasteiger partial charge in [0.15, 0.2) is 11.5 Å². The number of hydrogen-bond acceptors (Lipinski definition) is 3. The van der Waals surface area contributed by atoms with Crippen LogP contribution >= 0.6 is 15.9 Å². The van der Waals surface area contributed by atoms with Crippen LogP contribution in [0, 0.1) is 5.82 Å². The molecule has 0 fully saturated rings. The third-order valence-electron chi connectivity index (χ3n) is 2.91. The van der Waals surface area contributed by atoms with Gasteiger partial charge in [-0.25, -0.2) is 4.39 Å². The summed E-state index contributed by atoms with van der Waals surface area (Å²) in [6.45, 7) is 0.0757. The highest BCUT2D eigenvalue weighted by Crippen LogP contribution is 2.35. The van der Waals surface area contributed by atoms with Crippen LogP contribution in [0.1, 0.15) is 15.9 Å². The van der Waals surface area contributed by atoms with Gasteiger partial charge in [0.2, 0.25) is 0 Å². The molecule has 0 aromatic heterocycles. The van der Waals surface area contributed by atoms with E-state index in [0.717, 1.165) is 0 Å². The molecule has 0 saturated heterocycles. The highest BCUT2D eigenvalue weighted by Gasteiger charge is 2.14. The van der Waals surface area contributed by atoms with Crippen LogP contribution in [0.4, 0.5) is 4.39 Å². The maximum absolute atomic E-state index is 13.5. The van der Waals surface area contributed by atoms with Crippen LogP contribution in [-0.4, -0.2) is 18.1 Å². The van der Waals surface area contributed by atoms with Crippen molar-refractivity contribution >= 4 is 21.8 Å². The predicted octanol–water partition coefficient (Wildman–Crippen LogP) is 3.23. The van der Waals surface area contributed by atoms with Gasteiger partial charge < -0.3 is 15.2 Å². The van der Waals surface area contributed by atoms with Crippen molar-refractivity contribution in [1.29, 1.82) is 0 Å². The monoisotopic (exact) mass is 353 g/mol. The maximum atomic E-state index is 13.5. The summed E-state index contributed by atoms with van der Waals surface area (Å²) < 4.78 is 18.8. The number of phenols is 1. The molecule has 0 aliphatic rings. The number of ether oxygens (including phenoxy) is 1. The second-order valence-electron chi connectivity index (χ2n) is 4.28. The van der Waals surface area contributed by atoms with Crippen molar-refractivity contribution in [3.8, 4) is 11.5 Å². The number of benzene rings is 2. The van der Waals surface area contributed by atoms with E-state index in [1.807, 2.05) is 0 Å². The zero-order chi connectivity index (χ0) is 15.4. The van der Waals surface area contributed by atoms with Gasteiger partial charge in [-0.05, 0) is 34.1 Å². The summed E-state index contributed by atoms with van der Waals surface area (Å²) in [6.07, 6.45) is 0. The van der Waals surface area contributed by atoms with Crippen molar-refractivity contribution in [2.24, 2.45) is 0 Å². The van der Waals surface area contributed by atoms with Crippen molar-refractivity contribution < 1.29 is 19.0 Å². The molecular weight excluding hydrogens is 341 g/mol. The third kappa shape index (κ3) is 3.52. The Kier molecular flexibility index (Phi) is 4.80. The number of carbonyl (C=O) groups excluding carboxylic acids is 1. The Labute approximate surface area is 129 Å². The van der Waals surface area contributed by atoms with E-state index in [9.17, 15) is 14.3 Å². The lowest BCUT2D eigenvalue weighted by atomic mass is 10.1. The average molecular weight is 354 g/mol. The Morgan fingerprint density at radius 2 is 2.10 bits per heavy atom. The first-order valence-corrected chi connectivity index (χ1v) is 6.90. The molecule has 0 spiro atoms. The molecule has 4 nitrogen and oxygen atoms in total. The lowest BCUT2D eigenvalue weighted by molar-refractivity contribution is 0.0950. The zero-order valence-electron chi connectivity index (χ0n) is 11.2. The zero-order valence-corrected chi connectivity index (χ0v) is 12.8. The summed E-state index contributed by atoms with van der Waals surface area (Å²) in [5.74, 6) is -0.664. The van der Waals surface area contributed by atoms with Gasteiger partial charge in [-0.1, -0.05) is 18.2 Å². The van der Waals surface area contributed by atoms with Crippen LogP contribution < -0.4 is 10.1 Å². The first kappa shape index (κ1) is 15.3. The highest BCUT2D eigenvalue weighted by molar-refractivity contribution is 9.10. The number of aromatic hydroxyl groups is 1. The summed E-state index contributed by atoms with van der Waals surface area (Å²) in [5.41, 5.74) is 0.698. The second-order valence-corrected chi connectivity index (χ2v) is 5.14. The van der Waals surface area contributed by atoms with E-state index >= 15 is 0 Å². The molecule has 110 valence electrons. The van der Waals surface area contributed by atoms with Crippen LogP contribution in [0.2, 0.25) is 0 Å². The van der Waals surface area contributed by atoms with Gasteiger partial charge in [0.05, 0.1) is 11.6 Å². The number of carbonyl (C=O) groups is 1. The van der Waals surface area contributed by atoms with E-state index < -0.39 is 5.91 Å². The largest absolute Gasteiger partial charge is 0.503 e. The van der Waals surface area contributed by atoms with Crippen molar-refractivity contribution in [1.82, 2.24) is 5.32 Å². The molecule has 0 radical (unpaired) electrons. The number of rotatable bonds is 4. The molecule has 2 aromatic rings. The molecule has 0 atom stereocenters. The first-order valence-electron chi connectivity index (χ1n) is 6.11. The maximum Gasteiger partial charge on any atom is 0.251 e. The Bertz CT molecular complexity index is 676. The minimum atomic E-state index is -0.391. The van der Waals surface area contributed by atoms with Gasteiger partial charge >= 0.3 is 0 Å². The van der Waals surface area contributed by atoms with E-state index in [1.54, 1.807) is 18.2 Å². The Balaban J connectivity index is 2.14. The lowest BCUT2D eigenvalue weighted by Gasteiger charge is -2.10. The van der Waals surface area contributed by atoms with Gasteiger partial charge in [0.1, 0.15) is 5.82 Å². The highest BCUT2D eigenvalue weighted by atomic mass is 79.9. The molecule has 0 heterocycles. The van der Waals surface area contributed by atoms with Crippen molar-refractivity contribution in [3.63, 3.8) is 0 Å². The average Bonchev–Trinajstić information content (AvgIpc) is 2.48. The van der Waals surface area contributed by atoms with Crippen LogP contribution in [0.25, 0.3) is 0 Å². The molecule has 0 unspecified atom stereocenters. The number of nitrogens with one attached hydrogen (secondary N) is 1. The van der Waals surface area contributed by atoms with Gasteiger partial charge in [-0.2, -0.15) is 0 Å². The van der Waals surface area contributed by atoms with Gasteiger partial charge in [-0.15, -0.1) is 0 Å². The quantitative estimate of drug-likeness (QED) is 0.886. The van der Waals surface area contributed by atoms with Crippen molar-refractivity contribution in [3.05, 3.63) is 57.8 Å². The van der Waals surface area contributed by atoms with E-state index in [-0.39, 0.29) is 23.9 Å². The molecule has 2 N–H and O–H groups in total. The lowest BCUT2D eigenvalue weighted by Crippen LogP contribution is -2.23. The molecular formula is C15H13BrFNO3. The Hall–Kier alpha value is -2.08. The van der Waals surface area contributed by atoms with Crippen LogP contribution in [0.3, 0.4) is 0 Å². The van der Waals surface area contributed by atoms with Crippen molar-refractivity contribution in [2.75, 3.05) is 7.11 Å². The SMILES string of the molecule is COc1cc(C(=O)NCc2ccccc2F)cc(Br)c1O. The third-order valence-corrected chi connectivity index (χ3v) is 3.51. The number of amides is 1. The minimum Gasteiger partial charge on any atom is -0.503 e. The number of phenolic OH excluding ortho intramolecular Hbond substituents is 1. The summed E-state index contributed by atoms with van der Waals surface area (Å²) in [5, 5.41) is 12.3. The smallest absolute Gasteiger partial charge is 0.251 e. The van der Waals surface area contributed by atoms with Gasteiger partial charge in [-0.3, -0.25) is 4.79 Å². The first-order chi connectivity index (χ1) is 10.0. The Morgan fingerprint density at radius 1 is 1.38 bits per heavy atom. The summed E-state index contributed by atoms with van der Waals surface area (Å²) in [6, 6.07) is 9.10. The fraction of sp³-hybridized carbons (Fsp3) is 0.133. The standard InChI is InChI=1S/C15H13BrFNO3/c1-21-13-7-10(6-11(16)14(13)19)15(20)18-8-9-4-2-3-5-12(9)17/h2-7,19H,8H2,1H3,(H,18,20). The molecule has 0 bridgehead atoms. The molecule has 2 rings (SSSR count). The van der Waals surface area contributed by atoms with Crippen LogP contribution in [-0.2, 0) is 6.54 Å². The fourth-order valence-corrected chi connectivity index (χ4v) is 2.22. The van der Waals surface area contributed by atoms with E-state index in [4.69, 9.17) is 4.74 Å². The normalized spacial score (nSPS) is 10.2. The molecule has 0 saturated carbocycles. The molecule has 6 heteroatoms. The number of methoxy groups -OCH3 is 1. The summed E-state index contributed by atoms with van der Waals surface area (Å²) in [7, 11) is 1.39. The van der Waals surface area contributed by atoms with Gasteiger partial charge in [0.25, 0.3) is 5.91 Å². The minimum absolute atomic E-state index is 0.0757. The van der Waals surface area contributed by atoms with E-state index in [0.29, 0.717) is 15.6 Å². The summed E-state index contributed by atoms with van der Waals surface area (Å²) in [4.78, 5) is 12.1. The van der Waals surface area contributed by atoms with Crippen LogP contribution in [0.15, 0.2) is 40.9 Å². The molecule has 0 aliphatic heterocycles. The molecule has 21 heavy (non-hydrogen) atoms. The molecule has 0 aliphatic carbocycles. The van der Waals surface area contributed by atoms with Gasteiger partial charge in [0, 0.05) is 17.7 Å². The number of hydrogen-bond donors (Lipinski definition) is 2. The van der Waals surface area contributed by atoms with Crippen molar-refractivity contribution in [2.45, 2.75) is 6.54 Å². The number of halogens is 2. The topological polar surface area (TPSA) is 58.6 Å². The molecule has 1 amide bonds. The predicted molar refractivity (Wildman–Crippen MR) is 79.9 cm³/mol.